The predicted octanol–water partition coefficient (Wildman–Crippen LogP) is 9.62. The summed E-state index contributed by atoms with van der Waals surface area (Å²) in [6.45, 7) is 4.41. The first kappa shape index (κ1) is 18.3. The number of hydrogen-bond donors (Lipinski definition) is 0. The summed E-state index contributed by atoms with van der Waals surface area (Å²) in [6, 6.07) is 24.0. The van der Waals surface area contributed by atoms with Crippen molar-refractivity contribution in [3.63, 3.8) is 0 Å². The molecule has 0 amide bonds. The van der Waals surface area contributed by atoms with Gasteiger partial charge in [-0.2, -0.15) is 0 Å². The quantitative estimate of drug-likeness (QED) is 0.172. The van der Waals surface area contributed by atoms with E-state index in [9.17, 15) is 0 Å². The van der Waals surface area contributed by atoms with Crippen molar-refractivity contribution in [3.8, 4) is 0 Å². The van der Waals surface area contributed by atoms with Gasteiger partial charge in [0.25, 0.3) is 0 Å². The van der Waals surface area contributed by atoms with Gasteiger partial charge in [0.1, 0.15) is 0 Å². The molecule has 152 valence electrons. The maximum atomic E-state index is 2.47. The fourth-order valence-corrected chi connectivity index (χ4v) is 11.4. The van der Waals surface area contributed by atoms with Crippen LogP contribution in [0, 0.1) is 13.8 Å². The molecule has 4 aromatic heterocycles. The van der Waals surface area contributed by atoms with Crippen molar-refractivity contribution < 1.29 is 0 Å². The molecule has 0 saturated heterocycles. The zero-order valence-electron chi connectivity index (χ0n) is 17.4. The van der Waals surface area contributed by atoms with E-state index < -0.39 is 0 Å². The molecular weight excluding hydrogens is 511 g/mol. The van der Waals surface area contributed by atoms with E-state index in [-0.39, 0.29) is 0 Å². The van der Waals surface area contributed by atoms with Crippen LogP contribution in [0.3, 0.4) is 0 Å². The average molecular weight is 528 g/mol. The fraction of sp³-hybridized carbons (Fsp3) is 0.0714. The molecule has 0 aliphatic heterocycles. The summed E-state index contributed by atoms with van der Waals surface area (Å²) < 4.78 is 8.88. The maximum absolute atomic E-state index is 2.47. The van der Waals surface area contributed by atoms with Crippen molar-refractivity contribution >= 4 is 119 Å². The molecule has 0 bridgehead atoms. The monoisotopic (exact) mass is 528 g/mol. The Morgan fingerprint density at radius 1 is 0.500 bits per heavy atom. The third-order valence-electron chi connectivity index (χ3n) is 6.51. The van der Waals surface area contributed by atoms with Crippen LogP contribution >= 0.6 is 34.0 Å². The van der Waals surface area contributed by atoms with Gasteiger partial charge in [0.2, 0.25) is 0 Å². The molecule has 0 unspecified atom stereocenters. The van der Waals surface area contributed by atoms with Gasteiger partial charge in [0.15, 0.2) is 0 Å². The number of rotatable bonds is 0. The molecule has 4 aromatic carbocycles. The van der Waals surface area contributed by atoms with Crippen LogP contribution in [0.1, 0.15) is 9.75 Å². The standard InChI is InChI=1S/C28H16S3Se/c1-13-3-19-5-15-7-21-25(11-17(15)9-23(19)29-13)31-27-22-8-16-6-20-4-14(2)30-24(20)10-18(16)12-26(22)32-28(21)27/h3-12H,1-2H3. The van der Waals surface area contributed by atoms with E-state index in [4.69, 9.17) is 0 Å². The summed E-state index contributed by atoms with van der Waals surface area (Å²) in [6.07, 6.45) is 0. The van der Waals surface area contributed by atoms with Gasteiger partial charge in [0, 0.05) is 0 Å². The van der Waals surface area contributed by atoms with Gasteiger partial charge in [-0.25, -0.2) is 0 Å². The summed E-state index contributed by atoms with van der Waals surface area (Å²) in [4.78, 5) is 2.78. The molecule has 0 N–H and O–H groups in total. The van der Waals surface area contributed by atoms with Crippen molar-refractivity contribution in [2.75, 3.05) is 0 Å². The molecule has 4 heteroatoms. The first-order valence-electron chi connectivity index (χ1n) is 10.7. The van der Waals surface area contributed by atoms with Crippen LogP contribution in [0.2, 0.25) is 0 Å². The topological polar surface area (TPSA) is 0 Å². The third-order valence-corrected chi connectivity index (χ3v) is 12.5. The molecule has 0 nitrogen and oxygen atoms in total. The Labute approximate surface area is 202 Å². The fourth-order valence-electron chi connectivity index (χ4n) is 5.09. The molecule has 0 aliphatic rings. The first-order chi connectivity index (χ1) is 15.6. The summed E-state index contributed by atoms with van der Waals surface area (Å²) >= 11 is 6.16. The zero-order chi connectivity index (χ0) is 21.1. The second kappa shape index (κ2) is 6.22. The minimum atomic E-state index is 0.369. The van der Waals surface area contributed by atoms with Crippen LogP contribution in [-0.4, -0.2) is 14.5 Å². The molecule has 0 radical (unpaired) electrons. The zero-order valence-corrected chi connectivity index (χ0v) is 21.6. The Bertz CT molecular complexity index is 1910. The van der Waals surface area contributed by atoms with Gasteiger partial charge in [-0.3, -0.25) is 0 Å². The Morgan fingerprint density at radius 3 is 1.75 bits per heavy atom. The van der Waals surface area contributed by atoms with E-state index >= 15 is 0 Å². The first-order valence-corrected chi connectivity index (χ1v) is 14.8. The third kappa shape index (κ3) is 2.48. The molecule has 0 spiro atoms. The molecule has 8 rings (SSSR count). The van der Waals surface area contributed by atoms with E-state index in [2.05, 4.69) is 74.5 Å². The summed E-state index contributed by atoms with van der Waals surface area (Å²) in [5.74, 6) is 0. The van der Waals surface area contributed by atoms with E-state index in [1.807, 2.05) is 34.0 Å². The Hall–Kier alpha value is -2.20. The van der Waals surface area contributed by atoms with Crippen LogP contribution in [0.5, 0.6) is 0 Å². The number of hydrogen-bond acceptors (Lipinski definition) is 3. The second-order valence-corrected chi connectivity index (χ2v) is 14.6. The SMILES string of the molecule is Cc1cc2cc3cc4c(cc3cc2s1)sc1c2cc3cc5cc(C)sc5cc3cc2[se]c41. The van der Waals surface area contributed by atoms with Gasteiger partial charge < -0.3 is 0 Å². The average Bonchev–Trinajstić information content (AvgIpc) is 3.48. The second-order valence-electron chi connectivity index (χ2n) is 8.75. The van der Waals surface area contributed by atoms with Crippen LogP contribution in [-0.2, 0) is 0 Å². The van der Waals surface area contributed by atoms with Gasteiger partial charge in [0.05, 0.1) is 0 Å². The summed E-state index contributed by atoms with van der Waals surface area (Å²) in [5.41, 5.74) is 0. The van der Waals surface area contributed by atoms with Gasteiger partial charge in [-0.05, 0) is 0 Å². The van der Waals surface area contributed by atoms with E-state index in [0.29, 0.717) is 14.5 Å². The van der Waals surface area contributed by atoms with Crippen LogP contribution in [0.15, 0.2) is 60.7 Å². The minimum absolute atomic E-state index is 0.369. The summed E-state index contributed by atoms with van der Waals surface area (Å²) in [7, 11) is 0. The van der Waals surface area contributed by atoms with Gasteiger partial charge in [-0.1, -0.05) is 0 Å². The van der Waals surface area contributed by atoms with Gasteiger partial charge >= 0.3 is 203 Å². The number of aryl methyl sites for hydroxylation is 2. The molecule has 0 aliphatic carbocycles. The Balaban J connectivity index is 1.45. The van der Waals surface area contributed by atoms with Crippen molar-refractivity contribution in [2.24, 2.45) is 0 Å². The van der Waals surface area contributed by atoms with E-state index in [0.717, 1.165) is 0 Å². The molecule has 0 atom stereocenters. The van der Waals surface area contributed by atoms with Crippen LogP contribution in [0.4, 0.5) is 0 Å². The molecule has 4 heterocycles. The molecule has 0 fully saturated rings. The van der Waals surface area contributed by atoms with Crippen molar-refractivity contribution in [1.29, 1.82) is 0 Å². The Morgan fingerprint density at radius 2 is 1.06 bits per heavy atom. The van der Waals surface area contributed by atoms with Crippen molar-refractivity contribution in [2.45, 2.75) is 13.8 Å². The number of thiophene rings is 3. The normalized spacial score (nSPS) is 12.7. The van der Waals surface area contributed by atoms with Crippen LogP contribution < -0.4 is 0 Å². The van der Waals surface area contributed by atoms with Crippen LogP contribution in [0.25, 0.3) is 70.4 Å². The Kier molecular flexibility index (Phi) is 3.55. The van der Waals surface area contributed by atoms with E-state index in [1.165, 1.54) is 71.6 Å². The molecule has 32 heavy (non-hydrogen) atoms. The van der Waals surface area contributed by atoms with Gasteiger partial charge in [-0.15, -0.1) is 0 Å². The predicted molar refractivity (Wildman–Crippen MR) is 149 cm³/mol. The summed E-state index contributed by atoms with van der Waals surface area (Å²) in [5, 5.41) is 11.2. The molecule has 8 aromatic rings. The van der Waals surface area contributed by atoms with Crippen molar-refractivity contribution in [3.05, 3.63) is 70.4 Å². The molecule has 0 saturated carbocycles. The number of benzene rings is 4. The number of fused-ring (bicyclic) bond motifs is 9. The van der Waals surface area contributed by atoms with E-state index in [1.54, 1.807) is 8.52 Å². The molecular formula is C28H16S3Se. The van der Waals surface area contributed by atoms with Crippen molar-refractivity contribution in [1.82, 2.24) is 0 Å².